The van der Waals surface area contributed by atoms with Crippen LogP contribution < -0.4 is 0 Å². The van der Waals surface area contributed by atoms with Gasteiger partial charge in [-0.3, -0.25) is 4.57 Å². The molecule has 0 amide bonds. The van der Waals surface area contributed by atoms with Gasteiger partial charge in [-0.25, -0.2) is 9.13 Å². The number of hydrogen-bond acceptors (Lipinski definition) is 7. The molecule has 1 saturated heterocycles. The number of rotatable bonds is 6. The summed E-state index contributed by atoms with van der Waals surface area (Å²) in [5.74, 6) is 0. The summed E-state index contributed by atoms with van der Waals surface area (Å²) in [6, 6.07) is 0. The summed E-state index contributed by atoms with van der Waals surface area (Å²) >= 11 is -2.87. The van der Waals surface area contributed by atoms with E-state index in [-0.39, 0.29) is 12.3 Å². The molecule has 17 heavy (non-hydrogen) atoms. The monoisotopic (exact) mass is 324 g/mol. The van der Waals surface area contributed by atoms with Crippen molar-refractivity contribution < 1.29 is 38.5 Å². The minimum atomic E-state index is -4.96. The Kier molecular flexibility index (Phi) is 5.23. The van der Waals surface area contributed by atoms with Gasteiger partial charge in [0.1, 0.15) is 0 Å². The number of phosphoric acid groups is 2. The minimum Gasteiger partial charge on any atom is -0.405 e. The molecule has 0 radical (unpaired) electrons. The normalized spacial score (nSPS) is 20.1. The molecular weight excluding hydrogens is 312 g/mol. The predicted octanol–water partition coefficient (Wildman–Crippen LogP) is 1.57. The first-order valence-corrected chi connectivity index (χ1v) is 11.0. The van der Waals surface area contributed by atoms with Crippen LogP contribution in [0.3, 0.4) is 0 Å². The van der Waals surface area contributed by atoms with Gasteiger partial charge in [0, 0.05) is 12.3 Å². The van der Waals surface area contributed by atoms with E-state index < -0.39 is 38.2 Å². The lowest BCUT2D eigenvalue weighted by Gasteiger charge is -2.31. The van der Waals surface area contributed by atoms with Crippen molar-refractivity contribution in [3.05, 3.63) is 0 Å². The van der Waals surface area contributed by atoms with Gasteiger partial charge in [-0.15, -0.1) is 0 Å². The van der Waals surface area contributed by atoms with Crippen molar-refractivity contribution in [2.75, 3.05) is 12.3 Å². The quantitative estimate of drug-likeness (QED) is 0.552. The van der Waals surface area contributed by atoms with E-state index in [1.165, 1.54) is 0 Å². The van der Waals surface area contributed by atoms with Crippen molar-refractivity contribution in [3.8, 4) is 0 Å². The topological polar surface area (TPSA) is 129 Å². The zero-order valence-corrected chi connectivity index (χ0v) is 12.9. The summed E-state index contributed by atoms with van der Waals surface area (Å²) < 4.78 is 51.5. The van der Waals surface area contributed by atoms with Gasteiger partial charge in [0.25, 0.3) is 0 Å². The molecule has 0 atom stereocenters. The molecule has 0 aromatic rings. The van der Waals surface area contributed by atoms with Gasteiger partial charge in [0.2, 0.25) is 0 Å². The Balaban J connectivity index is 2.50. The molecule has 0 bridgehead atoms. The zero-order valence-electron chi connectivity index (χ0n) is 9.09. The highest BCUT2D eigenvalue weighted by atomic mass is 31.3. The maximum Gasteiger partial charge on any atom is 0.928 e. The first-order valence-electron chi connectivity index (χ1n) is 4.61. The Hall–Kier alpha value is 0.982. The van der Waals surface area contributed by atoms with E-state index in [0.717, 1.165) is 0 Å². The second-order valence-electron chi connectivity index (χ2n) is 3.07. The van der Waals surface area contributed by atoms with Gasteiger partial charge in [-0.1, -0.05) is 13.8 Å². The zero-order chi connectivity index (χ0) is 13.3. The molecular formula is C4H12AlO9P3. The van der Waals surface area contributed by atoms with Crippen molar-refractivity contribution in [3.63, 3.8) is 0 Å². The lowest BCUT2D eigenvalue weighted by Crippen LogP contribution is -2.34. The van der Waals surface area contributed by atoms with E-state index >= 15 is 0 Å². The largest absolute Gasteiger partial charge is 0.928 e. The maximum atomic E-state index is 11.8. The van der Waals surface area contributed by atoms with E-state index in [9.17, 15) is 13.7 Å². The highest BCUT2D eigenvalue weighted by Gasteiger charge is 2.61. The van der Waals surface area contributed by atoms with Crippen molar-refractivity contribution >= 4 is 38.2 Å². The summed E-state index contributed by atoms with van der Waals surface area (Å²) in [5, 5.41) is 0. The summed E-state index contributed by atoms with van der Waals surface area (Å²) in [6.45, 7) is 3.31. The van der Waals surface area contributed by atoms with Gasteiger partial charge in [0.05, 0.1) is 0 Å². The maximum absolute atomic E-state index is 11.8. The lowest BCUT2D eigenvalue weighted by atomic mass is 11.0. The highest BCUT2D eigenvalue weighted by Crippen LogP contribution is 2.68. The van der Waals surface area contributed by atoms with Crippen molar-refractivity contribution in [2.45, 2.75) is 13.8 Å². The Morgan fingerprint density at radius 1 is 1.24 bits per heavy atom. The molecule has 1 aliphatic rings. The van der Waals surface area contributed by atoms with E-state index in [2.05, 4.69) is 11.5 Å². The fourth-order valence-electron chi connectivity index (χ4n) is 0.955. The van der Waals surface area contributed by atoms with Crippen LogP contribution in [0.4, 0.5) is 0 Å². The Labute approximate surface area is 103 Å². The lowest BCUT2D eigenvalue weighted by molar-refractivity contribution is 0.145. The SMILES string of the molecule is CCP(=O)(CC)[O][Al]1[O]P(=O)(OP(=O)(O)O)[O]1. The molecule has 0 unspecified atom stereocenters. The van der Waals surface area contributed by atoms with Crippen LogP contribution in [0.5, 0.6) is 0 Å². The molecule has 0 spiro atoms. The van der Waals surface area contributed by atoms with Crippen LogP contribution in [0.15, 0.2) is 0 Å². The average molecular weight is 324 g/mol. The van der Waals surface area contributed by atoms with Gasteiger partial charge in [0.15, 0.2) is 7.37 Å². The van der Waals surface area contributed by atoms with E-state index in [4.69, 9.17) is 13.4 Å². The first kappa shape index (κ1) is 16.0. The van der Waals surface area contributed by atoms with E-state index in [1.807, 2.05) is 0 Å². The molecule has 0 aromatic carbocycles. The Morgan fingerprint density at radius 2 is 1.71 bits per heavy atom. The summed E-state index contributed by atoms with van der Waals surface area (Å²) in [6.07, 6.45) is 0.534. The standard InChI is InChI=1S/C4H11O2P.Al.H4O7P2/c1-3-7(5,6)4-2;;1-8(2,3)7-9(4,5)6/h3-4H2,1-2H3,(H,5,6);;(H2,1,2,3)(H2,4,5,6)/q;+3;/p-3. The van der Waals surface area contributed by atoms with E-state index in [1.54, 1.807) is 13.8 Å². The van der Waals surface area contributed by atoms with Crippen molar-refractivity contribution in [1.29, 1.82) is 0 Å². The molecule has 1 fully saturated rings. The predicted molar refractivity (Wildman–Crippen MR) is 58.4 cm³/mol. The smallest absolute Gasteiger partial charge is 0.405 e. The molecule has 9 nitrogen and oxygen atoms in total. The van der Waals surface area contributed by atoms with Crippen LogP contribution in [0.1, 0.15) is 13.8 Å². The summed E-state index contributed by atoms with van der Waals surface area (Å²) in [7, 11) is -12.1. The molecule has 100 valence electrons. The van der Waals surface area contributed by atoms with Crippen LogP contribution in [-0.4, -0.2) is 37.3 Å². The molecule has 1 rings (SSSR count). The third-order valence-corrected chi connectivity index (χ3v) is 11.1. The van der Waals surface area contributed by atoms with E-state index in [0.29, 0.717) is 0 Å². The molecule has 0 aliphatic carbocycles. The average Bonchev–Trinajstić information content (AvgIpc) is 2.12. The first-order chi connectivity index (χ1) is 7.61. The highest BCUT2D eigenvalue weighted by molar-refractivity contribution is 7.65. The van der Waals surface area contributed by atoms with Gasteiger partial charge >= 0.3 is 30.8 Å². The van der Waals surface area contributed by atoms with Gasteiger partial charge < -0.3 is 20.5 Å². The molecule has 2 N–H and O–H groups in total. The third-order valence-electron chi connectivity index (χ3n) is 1.88. The van der Waals surface area contributed by atoms with Crippen LogP contribution in [0, 0.1) is 0 Å². The second kappa shape index (κ2) is 5.54. The minimum absolute atomic E-state index is 0.267. The fraction of sp³-hybridized carbons (Fsp3) is 1.00. The van der Waals surface area contributed by atoms with Gasteiger partial charge in [-0.05, 0) is 0 Å². The molecule has 1 aliphatic heterocycles. The Morgan fingerprint density at radius 3 is 2.06 bits per heavy atom. The molecule has 1 heterocycles. The molecule has 13 heteroatoms. The summed E-state index contributed by atoms with van der Waals surface area (Å²) in [5.41, 5.74) is 0. The summed E-state index contributed by atoms with van der Waals surface area (Å²) in [4.78, 5) is 16.8. The van der Waals surface area contributed by atoms with Crippen LogP contribution in [0.25, 0.3) is 0 Å². The second-order valence-corrected chi connectivity index (χ2v) is 11.6. The molecule has 0 saturated carbocycles. The van der Waals surface area contributed by atoms with Crippen LogP contribution in [0.2, 0.25) is 0 Å². The van der Waals surface area contributed by atoms with Crippen LogP contribution >= 0.6 is 23.0 Å². The molecule has 0 aromatic heterocycles. The van der Waals surface area contributed by atoms with Gasteiger partial charge in [-0.2, -0.15) is 4.31 Å². The van der Waals surface area contributed by atoms with Crippen molar-refractivity contribution in [2.24, 2.45) is 0 Å². The number of hydrogen-bond donors (Lipinski definition) is 2. The fourth-order valence-corrected chi connectivity index (χ4v) is 8.64. The Bertz CT molecular complexity index is 398. The van der Waals surface area contributed by atoms with Crippen LogP contribution in [-0.2, 0) is 28.7 Å². The van der Waals surface area contributed by atoms with Crippen molar-refractivity contribution in [1.82, 2.24) is 0 Å². The third kappa shape index (κ3) is 4.87.